The van der Waals surface area contributed by atoms with Crippen molar-refractivity contribution in [3.63, 3.8) is 0 Å². The molecule has 24 heavy (non-hydrogen) atoms. The van der Waals surface area contributed by atoms with Crippen molar-refractivity contribution in [1.82, 2.24) is 4.90 Å². The zero-order chi connectivity index (χ0) is 18.1. The highest BCUT2D eigenvalue weighted by Crippen LogP contribution is 2.32. The maximum absolute atomic E-state index is 14.1. The molecule has 1 aliphatic rings. The summed E-state index contributed by atoms with van der Waals surface area (Å²) in [5.74, 6) is -1.25. The Kier molecular flexibility index (Phi) is 5.08. The van der Waals surface area contributed by atoms with Crippen LogP contribution in [0.1, 0.15) is 38.7 Å². The van der Waals surface area contributed by atoms with Crippen LogP contribution < -0.4 is 0 Å². The average Bonchev–Trinajstić information content (AvgIpc) is 2.45. The summed E-state index contributed by atoms with van der Waals surface area (Å²) in [6, 6.07) is 3.39. The van der Waals surface area contributed by atoms with Crippen molar-refractivity contribution in [2.75, 3.05) is 13.1 Å². The van der Waals surface area contributed by atoms with Gasteiger partial charge in [0.1, 0.15) is 11.4 Å². The lowest BCUT2D eigenvalue weighted by Gasteiger charge is -2.36. The van der Waals surface area contributed by atoms with E-state index < -0.39 is 34.5 Å². The Bertz CT molecular complexity index is 644. The van der Waals surface area contributed by atoms with E-state index in [2.05, 4.69) is 0 Å². The van der Waals surface area contributed by atoms with E-state index >= 15 is 0 Å². The number of nitrogens with zero attached hydrogens (tertiary/aromatic N) is 2. The van der Waals surface area contributed by atoms with Crippen LogP contribution in [-0.4, -0.2) is 45.8 Å². The van der Waals surface area contributed by atoms with Crippen LogP contribution in [0.5, 0.6) is 0 Å². The molecule has 1 heterocycles. The van der Waals surface area contributed by atoms with Crippen LogP contribution >= 0.6 is 0 Å². The Morgan fingerprint density at radius 2 is 2.12 bits per heavy atom. The van der Waals surface area contributed by atoms with Crippen LogP contribution in [0.15, 0.2) is 18.2 Å². The predicted molar refractivity (Wildman–Crippen MR) is 84.2 cm³/mol. The number of ether oxygens (including phenoxy) is 1. The quantitative estimate of drug-likeness (QED) is 0.660. The van der Waals surface area contributed by atoms with Gasteiger partial charge in [-0.1, -0.05) is 0 Å². The Hall–Kier alpha value is -2.22. The average molecular weight is 340 g/mol. The molecule has 0 spiro atoms. The molecule has 1 N–H and O–H groups in total. The molecule has 7 nitrogen and oxygen atoms in total. The summed E-state index contributed by atoms with van der Waals surface area (Å²) in [4.78, 5) is 23.4. The van der Waals surface area contributed by atoms with Gasteiger partial charge < -0.3 is 14.7 Å². The lowest BCUT2D eigenvalue weighted by atomic mass is 9.86. The van der Waals surface area contributed by atoms with Gasteiger partial charge in [-0.25, -0.2) is 9.18 Å². The minimum atomic E-state index is -0.970. The maximum atomic E-state index is 14.1. The second-order valence-corrected chi connectivity index (χ2v) is 6.85. The second-order valence-electron chi connectivity index (χ2n) is 6.85. The number of nitro groups is 1. The zero-order valence-electron chi connectivity index (χ0n) is 13.9. The van der Waals surface area contributed by atoms with Crippen molar-refractivity contribution in [3.8, 4) is 0 Å². The molecule has 8 heteroatoms. The number of aliphatic hydroxyl groups excluding tert-OH is 1. The van der Waals surface area contributed by atoms with Crippen LogP contribution in [-0.2, 0) is 4.74 Å². The van der Waals surface area contributed by atoms with Gasteiger partial charge in [-0.2, -0.15) is 0 Å². The van der Waals surface area contributed by atoms with E-state index in [9.17, 15) is 24.4 Å². The Morgan fingerprint density at radius 1 is 1.46 bits per heavy atom. The Balaban J connectivity index is 2.09. The molecule has 0 aromatic heterocycles. The van der Waals surface area contributed by atoms with Crippen molar-refractivity contribution in [3.05, 3.63) is 39.7 Å². The summed E-state index contributed by atoms with van der Waals surface area (Å²) in [6.45, 7) is 5.59. The summed E-state index contributed by atoms with van der Waals surface area (Å²) >= 11 is 0. The number of nitro benzene ring substituents is 1. The fraction of sp³-hybridized carbons (Fsp3) is 0.562. The summed E-state index contributed by atoms with van der Waals surface area (Å²) in [5.41, 5.74) is -0.752. The number of halogens is 1. The van der Waals surface area contributed by atoms with Crippen LogP contribution in [0.4, 0.5) is 14.9 Å². The van der Waals surface area contributed by atoms with Crippen LogP contribution in [0.25, 0.3) is 0 Å². The number of β-amino-alcohol motifs (C(OH)–C–C–N with tert-alkyl or cyclic N) is 1. The first-order chi connectivity index (χ1) is 11.1. The molecular weight excluding hydrogens is 319 g/mol. The molecule has 132 valence electrons. The number of piperidine rings is 1. The highest BCUT2D eigenvalue weighted by atomic mass is 19.1. The van der Waals surface area contributed by atoms with Gasteiger partial charge in [0.2, 0.25) is 0 Å². The number of rotatable bonds is 2. The van der Waals surface area contributed by atoms with Crippen molar-refractivity contribution in [2.24, 2.45) is 0 Å². The predicted octanol–water partition coefficient (Wildman–Crippen LogP) is 2.82. The van der Waals surface area contributed by atoms with Gasteiger partial charge in [0.25, 0.3) is 5.69 Å². The van der Waals surface area contributed by atoms with Crippen LogP contribution in [0.2, 0.25) is 0 Å². The van der Waals surface area contributed by atoms with Crippen LogP contribution in [0, 0.1) is 15.9 Å². The van der Waals surface area contributed by atoms with Gasteiger partial charge in [0.05, 0.1) is 23.6 Å². The fourth-order valence-corrected chi connectivity index (χ4v) is 2.72. The van der Waals surface area contributed by atoms with Gasteiger partial charge in [0, 0.05) is 18.5 Å². The summed E-state index contributed by atoms with van der Waals surface area (Å²) < 4.78 is 19.4. The van der Waals surface area contributed by atoms with E-state index in [0.717, 1.165) is 6.07 Å². The third kappa shape index (κ3) is 4.19. The van der Waals surface area contributed by atoms with Gasteiger partial charge in [-0.05, 0) is 38.8 Å². The van der Waals surface area contributed by atoms with E-state index in [1.165, 1.54) is 17.0 Å². The van der Waals surface area contributed by atoms with Gasteiger partial charge >= 0.3 is 6.09 Å². The number of amides is 1. The van der Waals surface area contributed by atoms with E-state index in [1.807, 2.05) is 0 Å². The van der Waals surface area contributed by atoms with Crippen molar-refractivity contribution < 1.29 is 24.0 Å². The molecule has 0 radical (unpaired) electrons. The van der Waals surface area contributed by atoms with E-state index in [4.69, 9.17) is 4.74 Å². The molecule has 2 rings (SSSR count). The summed E-state index contributed by atoms with van der Waals surface area (Å²) in [6.07, 6.45) is -1.15. The smallest absolute Gasteiger partial charge is 0.410 e. The Labute approximate surface area is 139 Å². The number of likely N-dealkylation sites (tertiary alicyclic amines) is 1. The van der Waals surface area contributed by atoms with Crippen molar-refractivity contribution >= 4 is 11.8 Å². The first-order valence-electron chi connectivity index (χ1n) is 7.68. The van der Waals surface area contributed by atoms with Crippen molar-refractivity contribution in [1.29, 1.82) is 0 Å². The highest BCUT2D eigenvalue weighted by molar-refractivity contribution is 5.68. The number of carbonyl (C=O) groups excluding carboxylic acids is 1. The number of carbonyl (C=O) groups is 1. The molecule has 0 bridgehead atoms. The first-order valence-corrected chi connectivity index (χ1v) is 7.68. The standard InChI is InChI=1S/C16H21FN2O5/c1-16(2,3)24-15(21)18-7-6-12(14(20)9-18)11-5-4-10(19(22)23)8-13(11)17/h4-5,8,12,14,20H,6-7,9H2,1-3H3. The summed E-state index contributed by atoms with van der Waals surface area (Å²) in [7, 11) is 0. The van der Waals surface area contributed by atoms with Gasteiger partial charge in [-0.3, -0.25) is 10.1 Å². The minimum absolute atomic E-state index is 0.0238. The largest absolute Gasteiger partial charge is 0.444 e. The molecular formula is C16H21FN2O5. The zero-order valence-corrected chi connectivity index (χ0v) is 13.9. The monoisotopic (exact) mass is 340 g/mol. The highest BCUT2D eigenvalue weighted by Gasteiger charge is 2.34. The van der Waals surface area contributed by atoms with Crippen LogP contribution in [0.3, 0.4) is 0 Å². The third-order valence-electron chi connectivity index (χ3n) is 3.83. The number of benzene rings is 1. The second kappa shape index (κ2) is 6.72. The van der Waals surface area contributed by atoms with Gasteiger partial charge in [-0.15, -0.1) is 0 Å². The van der Waals surface area contributed by atoms with Crippen molar-refractivity contribution in [2.45, 2.75) is 44.8 Å². The lowest BCUT2D eigenvalue weighted by Crippen LogP contribution is -2.47. The number of hydrogen-bond donors (Lipinski definition) is 1. The Morgan fingerprint density at radius 3 is 2.62 bits per heavy atom. The SMILES string of the molecule is CC(C)(C)OC(=O)N1CCC(c2ccc([N+](=O)[O-])cc2F)C(O)C1. The molecule has 0 saturated carbocycles. The first kappa shape index (κ1) is 18.1. The van der Waals surface area contributed by atoms with E-state index in [1.54, 1.807) is 20.8 Å². The molecule has 2 unspecified atom stereocenters. The fourth-order valence-electron chi connectivity index (χ4n) is 2.72. The number of hydrogen-bond acceptors (Lipinski definition) is 5. The molecule has 1 aromatic carbocycles. The topological polar surface area (TPSA) is 92.9 Å². The number of aliphatic hydroxyl groups is 1. The summed E-state index contributed by atoms with van der Waals surface area (Å²) in [5, 5.41) is 21.0. The maximum Gasteiger partial charge on any atom is 0.410 e. The molecule has 1 aromatic rings. The third-order valence-corrected chi connectivity index (χ3v) is 3.83. The molecule has 1 amide bonds. The number of non-ortho nitro benzene ring substituents is 1. The molecule has 1 saturated heterocycles. The molecule has 1 aliphatic heterocycles. The van der Waals surface area contributed by atoms with E-state index in [0.29, 0.717) is 13.0 Å². The van der Waals surface area contributed by atoms with E-state index in [-0.39, 0.29) is 17.8 Å². The van der Waals surface area contributed by atoms with Gasteiger partial charge in [0.15, 0.2) is 0 Å². The molecule has 2 atom stereocenters. The molecule has 0 aliphatic carbocycles. The normalized spacial score (nSPS) is 21.5. The minimum Gasteiger partial charge on any atom is -0.444 e. The molecule has 1 fully saturated rings. The lowest BCUT2D eigenvalue weighted by molar-refractivity contribution is -0.385.